The van der Waals surface area contributed by atoms with Gasteiger partial charge in [-0.05, 0) is 54.4 Å². The average Bonchev–Trinajstić information content (AvgIpc) is 3.19. The Morgan fingerprint density at radius 2 is 1.66 bits per heavy atom. The summed E-state index contributed by atoms with van der Waals surface area (Å²) in [6, 6.07) is 14.0. The van der Waals surface area contributed by atoms with E-state index in [2.05, 4.69) is 45.1 Å². The fourth-order valence-corrected chi connectivity index (χ4v) is 5.94. The lowest BCUT2D eigenvalue weighted by Crippen LogP contribution is -2.44. The highest BCUT2D eigenvalue weighted by atomic mass is 32.2. The number of thioether (sulfide) groups is 1. The van der Waals surface area contributed by atoms with Gasteiger partial charge in [-0.15, -0.1) is 0 Å². The quantitative estimate of drug-likeness (QED) is 0.428. The van der Waals surface area contributed by atoms with E-state index in [1.165, 1.54) is 11.8 Å². The highest BCUT2D eigenvalue weighted by molar-refractivity contribution is 7.99. The maximum Gasteiger partial charge on any atom is 0.242 e. The standard InChI is InChI=1S/C28H36N4O2S/c1-5-21-10-9-11-22(6-2)27(21)30-25(33)18-35-28-29-23-12-7-8-13-24(23)32(28)17-26(34)31-15-19(3)14-20(4)16-31/h7-13,19-20H,5-6,14-18H2,1-4H3,(H,30,33)/t19-,20-/m0/s1. The predicted octanol–water partition coefficient (Wildman–Crippen LogP) is 5.40. The van der Waals surface area contributed by atoms with Crippen molar-refractivity contribution in [3.63, 3.8) is 0 Å². The summed E-state index contributed by atoms with van der Waals surface area (Å²) in [5, 5.41) is 3.84. The summed E-state index contributed by atoms with van der Waals surface area (Å²) in [4.78, 5) is 33.0. The molecule has 4 rings (SSSR count). The Kier molecular flexibility index (Phi) is 8.16. The molecule has 0 aliphatic carbocycles. The van der Waals surface area contributed by atoms with E-state index >= 15 is 0 Å². The third-order valence-electron chi connectivity index (χ3n) is 6.73. The third-order valence-corrected chi connectivity index (χ3v) is 7.71. The second-order valence-electron chi connectivity index (χ2n) is 9.71. The number of aryl methyl sites for hydroxylation is 2. The second kappa shape index (κ2) is 11.3. The Labute approximate surface area is 212 Å². The number of anilines is 1. The van der Waals surface area contributed by atoms with E-state index in [1.54, 1.807) is 0 Å². The average molecular weight is 493 g/mol. The lowest BCUT2D eigenvalue weighted by molar-refractivity contribution is -0.134. The first kappa shape index (κ1) is 25.3. The topological polar surface area (TPSA) is 67.2 Å². The fourth-order valence-electron chi connectivity index (χ4n) is 5.13. The van der Waals surface area contributed by atoms with E-state index in [1.807, 2.05) is 39.8 Å². The summed E-state index contributed by atoms with van der Waals surface area (Å²) in [7, 11) is 0. The summed E-state index contributed by atoms with van der Waals surface area (Å²) in [5.41, 5.74) is 4.98. The monoisotopic (exact) mass is 492 g/mol. The molecule has 0 spiro atoms. The Morgan fingerprint density at radius 3 is 2.31 bits per heavy atom. The number of fused-ring (bicyclic) bond motifs is 1. The summed E-state index contributed by atoms with van der Waals surface area (Å²) in [5.74, 6) is 1.31. The van der Waals surface area contributed by atoms with Crippen LogP contribution in [0.4, 0.5) is 5.69 Å². The van der Waals surface area contributed by atoms with Crippen LogP contribution in [0.5, 0.6) is 0 Å². The van der Waals surface area contributed by atoms with Gasteiger partial charge in [0.2, 0.25) is 11.8 Å². The van der Waals surface area contributed by atoms with Crippen LogP contribution in [0, 0.1) is 11.8 Å². The predicted molar refractivity (Wildman–Crippen MR) is 144 cm³/mol. The molecule has 2 amide bonds. The zero-order chi connectivity index (χ0) is 24.9. The van der Waals surface area contributed by atoms with Crippen LogP contribution < -0.4 is 5.32 Å². The van der Waals surface area contributed by atoms with Crippen molar-refractivity contribution >= 4 is 40.3 Å². The largest absolute Gasteiger partial charge is 0.341 e. The van der Waals surface area contributed by atoms with Gasteiger partial charge in [0.05, 0.1) is 16.8 Å². The SMILES string of the molecule is CCc1cccc(CC)c1NC(=O)CSc1nc2ccccc2n1CC(=O)N1C[C@@H](C)C[C@H](C)C1. The van der Waals surface area contributed by atoms with Gasteiger partial charge in [-0.2, -0.15) is 0 Å². The number of imidazole rings is 1. The van der Waals surface area contributed by atoms with Crippen molar-refractivity contribution in [2.75, 3.05) is 24.2 Å². The number of hydrogen-bond donors (Lipinski definition) is 1. The molecule has 2 heterocycles. The van der Waals surface area contributed by atoms with Gasteiger partial charge in [-0.1, -0.05) is 69.8 Å². The minimum absolute atomic E-state index is 0.0609. The molecule has 6 nitrogen and oxygen atoms in total. The van der Waals surface area contributed by atoms with E-state index in [9.17, 15) is 9.59 Å². The van der Waals surface area contributed by atoms with Crippen molar-refractivity contribution in [2.45, 2.75) is 58.7 Å². The van der Waals surface area contributed by atoms with Crippen LogP contribution in [-0.4, -0.2) is 45.1 Å². The highest BCUT2D eigenvalue weighted by Crippen LogP contribution is 2.27. The molecule has 0 radical (unpaired) electrons. The molecule has 1 saturated heterocycles. The number of para-hydroxylation sites is 3. The number of carbonyl (C=O) groups excluding carboxylic acids is 2. The molecule has 7 heteroatoms. The highest BCUT2D eigenvalue weighted by Gasteiger charge is 2.26. The van der Waals surface area contributed by atoms with Crippen molar-refractivity contribution in [1.82, 2.24) is 14.5 Å². The van der Waals surface area contributed by atoms with Gasteiger partial charge in [0.1, 0.15) is 6.54 Å². The second-order valence-corrected chi connectivity index (χ2v) is 10.7. The number of hydrogen-bond acceptors (Lipinski definition) is 4. The Hall–Kier alpha value is -2.80. The van der Waals surface area contributed by atoms with E-state index < -0.39 is 0 Å². The zero-order valence-corrected chi connectivity index (χ0v) is 22.0. The molecule has 1 fully saturated rings. The van der Waals surface area contributed by atoms with Crippen LogP contribution in [0.25, 0.3) is 11.0 Å². The number of nitrogens with one attached hydrogen (secondary N) is 1. The molecule has 2 aromatic carbocycles. The molecular weight excluding hydrogens is 456 g/mol. The molecule has 1 aliphatic rings. The van der Waals surface area contributed by atoms with Gasteiger partial charge in [0.25, 0.3) is 0 Å². The first-order valence-corrected chi connectivity index (χ1v) is 13.6. The van der Waals surface area contributed by atoms with Crippen LogP contribution in [-0.2, 0) is 29.0 Å². The first-order chi connectivity index (χ1) is 16.9. The molecule has 35 heavy (non-hydrogen) atoms. The number of nitrogens with zero attached hydrogens (tertiary/aromatic N) is 3. The molecule has 1 N–H and O–H groups in total. The van der Waals surface area contributed by atoms with E-state index in [0.717, 1.165) is 60.2 Å². The normalized spacial score (nSPS) is 18.1. The van der Waals surface area contributed by atoms with Crippen molar-refractivity contribution in [2.24, 2.45) is 11.8 Å². The van der Waals surface area contributed by atoms with Crippen LogP contribution in [0.3, 0.4) is 0 Å². The van der Waals surface area contributed by atoms with E-state index in [-0.39, 0.29) is 24.1 Å². The maximum absolute atomic E-state index is 13.3. The third kappa shape index (κ3) is 5.89. The minimum Gasteiger partial charge on any atom is -0.341 e. The number of piperidine rings is 1. The summed E-state index contributed by atoms with van der Waals surface area (Å²) in [6.07, 6.45) is 2.89. The van der Waals surface area contributed by atoms with Crippen LogP contribution in [0.15, 0.2) is 47.6 Å². The lowest BCUT2D eigenvalue weighted by Gasteiger charge is -2.35. The Morgan fingerprint density at radius 1 is 1.00 bits per heavy atom. The molecular formula is C28H36N4O2S. The van der Waals surface area contributed by atoms with E-state index in [4.69, 9.17) is 4.98 Å². The summed E-state index contributed by atoms with van der Waals surface area (Å²) < 4.78 is 1.97. The smallest absolute Gasteiger partial charge is 0.242 e. The lowest BCUT2D eigenvalue weighted by atomic mass is 9.92. The van der Waals surface area contributed by atoms with Crippen LogP contribution in [0.1, 0.15) is 45.2 Å². The van der Waals surface area contributed by atoms with Crippen molar-refractivity contribution < 1.29 is 9.59 Å². The number of likely N-dealkylation sites (tertiary alicyclic amines) is 1. The first-order valence-electron chi connectivity index (χ1n) is 12.7. The van der Waals surface area contributed by atoms with Gasteiger partial charge in [0, 0.05) is 18.8 Å². The molecule has 3 aromatic rings. The number of aromatic nitrogens is 2. The van der Waals surface area contributed by atoms with Gasteiger partial charge in [-0.25, -0.2) is 4.98 Å². The molecule has 0 saturated carbocycles. The number of amides is 2. The number of carbonyl (C=O) groups is 2. The van der Waals surface area contributed by atoms with Gasteiger partial charge in [-0.3, -0.25) is 9.59 Å². The van der Waals surface area contributed by atoms with E-state index in [0.29, 0.717) is 17.0 Å². The minimum atomic E-state index is -0.0609. The molecule has 0 bridgehead atoms. The number of benzene rings is 2. The van der Waals surface area contributed by atoms with Gasteiger partial charge >= 0.3 is 0 Å². The molecule has 1 aliphatic heterocycles. The van der Waals surface area contributed by atoms with Gasteiger partial charge < -0.3 is 14.8 Å². The summed E-state index contributed by atoms with van der Waals surface area (Å²) in [6.45, 7) is 10.5. The van der Waals surface area contributed by atoms with Crippen molar-refractivity contribution in [3.8, 4) is 0 Å². The van der Waals surface area contributed by atoms with Crippen molar-refractivity contribution in [3.05, 3.63) is 53.6 Å². The molecule has 2 atom stereocenters. The Balaban J connectivity index is 1.51. The Bertz CT molecular complexity index is 1170. The van der Waals surface area contributed by atoms with Gasteiger partial charge in [0.15, 0.2) is 5.16 Å². The maximum atomic E-state index is 13.3. The van der Waals surface area contributed by atoms with Crippen LogP contribution >= 0.6 is 11.8 Å². The fraction of sp³-hybridized carbons (Fsp3) is 0.464. The molecule has 0 unspecified atom stereocenters. The summed E-state index contributed by atoms with van der Waals surface area (Å²) >= 11 is 1.39. The molecule has 1 aromatic heterocycles. The number of rotatable bonds is 8. The zero-order valence-electron chi connectivity index (χ0n) is 21.2. The van der Waals surface area contributed by atoms with Crippen molar-refractivity contribution in [1.29, 1.82) is 0 Å². The van der Waals surface area contributed by atoms with Crippen LogP contribution in [0.2, 0.25) is 0 Å². The molecule has 186 valence electrons.